The summed E-state index contributed by atoms with van der Waals surface area (Å²) in [6.07, 6.45) is 2.07. The maximum atomic E-state index is 13.5. The lowest BCUT2D eigenvalue weighted by molar-refractivity contribution is -0.116. The minimum atomic E-state index is -0.559. The SMILES string of the molecule is CCC(Sc1cccc(NC(=O)/C(=C\c2cccc(Cl)c2Cl)NC(=O)c2ccccc2)c1)C(=O)Nc1ccccc1Br. The molecule has 214 valence electrons. The van der Waals surface area contributed by atoms with Crippen LogP contribution >= 0.6 is 50.9 Å². The summed E-state index contributed by atoms with van der Waals surface area (Å²) < 4.78 is 0.796. The number of carbonyl (C=O) groups excluding carboxylic acids is 3. The molecule has 0 heterocycles. The van der Waals surface area contributed by atoms with Crippen molar-refractivity contribution < 1.29 is 14.4 Å². The van der Waals surface area contributed by atoms with E-state index in [9.17, 15) is 14.4 Å². The monoisotopic (exact) mass is 681 g/mol. The number of thioether (sulfide) groups is 1. The summed E-state index contributed by atoms with van der Waals surface area (Å²) in [4.78, 5) is 40.2. The van der Waals surface area contributed by atoms with Crippen molar-refractivity contribution in [2.75, 3.05) is 10.6 Å². The van der Waals surface area contributed by atoms with E-state index in [0.717, 1.165) is 9.37 Å². The lowest BCUT2D eigenvalue weighted by Crippen LogP contribution is -2.30. The molecule has 4 aromatic rings. The van der Waals surface area contributed by atoms with Crippen molar-refractivity contribution in [1.82, 2.24) is 5.32 Å². The Morgan fingerprint density at radius 2 is 1.60 bits per heavy atom. The number of carbonyl (C=O) groups is 3. The van der Waals surface area contributed by atoms with Gasteiger partial charge < -0.3 is 16.0 Å². The van der Waals surface area contributed by atoms with Gasteiger partial charge in [-0.3, -0.25) is 14.4 Å². The van der Waals surface area contributed by atoms with Crippen molar-refractivity contribution in [2.24, 2.45) is 0 Å². The molecular formula is C32H26BrCl2N3O3S. The summed E-state index contributed by atoms with van der Waals surface area (Å²) in [5.41, 5.74) is 2.01. The van der Waals surface area contributed by atoms with E-state index in [0.29, 0.717) is 33.9 Å². The third-order valence-electron chi connectivity index (χ3n) is 5.98. The number of hydrogen-bond acceptors (Lipinski definition) is 4. The van der Waals surface area contributed by atoms with Gasteiger partial charge in [0.05, 0.1) is 21.0 Å². The molecule has 0 radical (unpaired) electrons. The van der Waals surface area contributed by atoms with Gasteiger partial charge in [0, 0.05) is 20.6 Å². The van der Waals surface area contributed by atoms with E-state index in [1.165, 1.54) is 17.8 Å². The fourth-order valence-electron chi connectivity index (χ4n) is 3.84. The Bertz CT molecular complexity index is 1630. The number of anilines is 2. The fraction of sp³-hybridized carbons (Fsp3) is 0.0938. The van der Waals surface area contributed by atoms with Crippen LogP contribution in [0.25, 0.3) is 6.08 Å². The Hall–Kier alpha value is -3.56. The smallest absolute Gasteiger partial charge is 0.272 e. The summed E-state index contributed by atoms with van der Waals surface area (Å²) >= 11 is 17.4. The molecule has 4 rings (SSSR count). The highest BCUT2D eigenvalue weighted by atomic mass is 79.9. The van der Waals surface area contributed by atoms with Gasteiger partial charge in [0.1, 0.15) is 5.70 Å². The molecule has 4 aromatic carbocycles. The van der Waals surface area contributed by atoms with Crippen LogP contribution in [0.1, 0.15) is 29.3 Å². The summed E-state index contributed by atoms with van der Waals surface area (Å²) in [6.45, 7) is 1.94. The zero-order valence-electron chi connectivity index (χ0n) is 22.4. The highest BCUT2D eigenvalue weighted by Crippen LogP contribution is 2.30. The predicted molar refractivity (Wildman–Crippen MR) is 176 cm³/mol. The van der Waals surface area contributed by atoms with E-state index in [4.69, 9.17) is 23.2 Å². The lowest BCUT2D eigenvalue weighted by Gasteiger charge is -2.16. The second kappa shape index (κ2) is 15.1. The number of para-hydroxylation sites is 1. The van der Waals surface area contributed by atoms with Crippen LogP contribution in [0.15, 0.2) is 112 Å². The number of benzene rings is 4. The van der Waals surface area contributed by atoms with Crippen LogP contribution in [0.4, 0.5) is 11.4 Å². The van der Waals surface area contributed by atoms with Crippen LogP contribution in [0.5, 0.6) is 0 Å². The lowest BCUT2D eigenvalue weighted by atomic mass is 10.1. The van der Waals surface area contributed by atoms with Gasteiger partial charge in [-0.15, -0.1) is 11.8 Å². The van der Waals surface area contributed by atoms with E-state index in [2.05, 4.69) is 31.9 Å². The summed E-state index contributed by atoms with van der Waals surface area (Å²) in [7, 11) is 0. The molecule has 0 saturated carbocycles. The van der Waals surface area contributed by atoms with Gasteiger partial charge in [0.25, 0.3) is 11.8 Å². The van der Waals surface area contributed by atoms with Crippen molar-refractivity contribution in [3.05, 3.63) is 128 Å². The molecular weight excluding hydrogens is 657 g/mol. The maximum Gasteiger partial charge on any atom is 0.272 e. The Balaban J connectivity index is 1.53. The first-order valence-corrected chi connectivity index (χ1v) is 15.3. The highest BCUT2D eigenvalue weighted by Gasteiger charge is 2.20. The minimum absolute atomic E-state index is 0.0228. The molecule has 1 atom stereocenters. The summed E-state index contributed by atoms with van der Waals surface area (Å²) in [6, 6.07) is 28.2. The summed E-state index contributed by atoms with van der Waals surface area (Å²) in [5.74, 6) is -1.14. The topological polar surface area (TPSA) is 87.3 Å². The first-order chi connectivity index (χ1) is 20.2. The average molecular weight is 683 g/mol. The van der Waals surface area contributed by atoms with Gasteiger partial charge in [0.15, 0.2) is 0 Å². The molecule has 0 fully saturated rings. The predicted octanol–water partition coefficient (Wildman–Crippen LogP) is 8.67. The minimum Gasteiger partial charge on any atom is -0.324 e. The van der Waals surface area contributed by atoms with Gasteiger partial charge in [0.2, 0.25) is 5.91 Å². The van der Waals surface area contributed by atoms with E-state index in [-0.39, 0.29) is 21.9 Å². The fourth-order valence-corrected chi connectivity index (χ4v) is 5.60. The van der Waals surface area contributed by atoms with Crippen LogP contribution < -0.4 is 16.0 Å². The standard InChI is InChI=1S/C32H26BrCl2N3O3S/c1-2-28(32(41)37-26-17-7-6-15-24(26)33)42-23-14-9-13-22(19-23)36-31(40)27(18-21-12-8-16-25(34)29(21)35)38-30(39)20-10-4-3-5-11-20/h3-19,28H,2H2,1H3,(H,36,40)(H,37,41)(H,38,39)/b27-18+. The molecule has 0 aromatic heterocycles. The number of halogens is 3. The molecule has 10 heteroatoms. The van der Waals surface area contributed by atoms with Crippen LogP contribution in [0.2, 0.25) is 10.0 Å². The van der Waals surface area contributed by atoms with E-state index in [1.807, 2.05) is 37.3 Å². The van der Waals surface area contributed by atoms with Crippen LogP contribution in [-0.2, 0) is 9.59 Å². The summed E-state index contributed by atoms with van der Waals surface area (Å²) in [5, 5.41) is 8.70. The first-order valence-electron chi connectivity index (χ1n) is 12.9. The van der Waals surface area contributed by atoms with Gasteiger partial charge in [-0.2, -0.15) is 0 Å². The Morgan fingerprint density at radius 3 is 2.33 bits per heavy atom. The molecule has 0 spiro atoms. The molecule has 0 aliphatic heterocycles. The normalized spacial score (nSPS) is 11.9. The molecule has 42 heavy (non-hydrogen) atoms. The van der Waals surface area contributed by atoms with Crippen molar-refractivity contribution >= 4 is 86.1 Å². The second-order valence-electron chi connectivity index (χ2n) is 8.99. The van der Waals surface area contributed by atoms with Gasteiger partial charge in [-0.1, -0.05) is 78.7 Å². The quantitative estimate of drug-likeness (QED) is 0.115. The van der Waals surface area contributed by atoms with Crippen molar-refractivity contribution in [2.45, 2.75) is 23.5 Å². The maximum absolute atomic E-state index is 13.5. The molecule has 0 aliphatic carbocycles. The van der Waals surface area contributed by atoms with Gasteiger partial charge in [-0.05, 0) is 82.5 Å². The molecule has 6 nitrogen and oxygen atoms in total. The zero-order valence-corrected chi connectivity index (χ0v) is 26.3. The third-order valence-corrected chi connectivity index (χ3v) is 8.86. The van der Waals surface area contributed by atoms with E-state index < -0.39 is 11.8 Å². The zero-order chi connectivity index (χ0) is 30.1. The largest absolute Gasteiger partial charge is 0.324 e. The molecule has 3 amide bonds. The van der Waals surface area contributed by atoms with Crippen molar-refractivity contribution in [1.29, 1.82) is 0 Å². The van der Waals surface area contributed by atoms with Crippen LogP contribution in [-0.4, -0.2) is 23.0 Å². The van der Waals surface area contributed by atoms with E-state index >= 15 is 0 Å². The third kappa shape index (κ3) is 8.49. The molecule has 0 saturated heterocycles. The molecule has 1 unspecified atom stereocenters. The molecule has 3 N–H and O–H groups in total. The number of rotatable bonds is 10. The Kier molecular flexibility index (Phi) is 11.3. The van der Waals surface area contributed by atoms with Gasteiger partial charge >= 0.3 is 0 Å². The number of hydrogen-bond donors (Lipinski definition) is 3. The van der Waals surface area contributed by atoms with Gasteiger partial charge in [-0.25, -0.2) is 0 Å². The van der Waals surface area contributed by atoms with Crippen LogP contribution in [0, 0.1) is 0 Å². The Labute approximate surface area is 267 Å². The number of amides is 3. The molecule has 0 bridgehead atoms. The molecule has 0 aliphatic rings. The average Bonchev–Trinajstić information content (AvgIpc) is 2.99. The highest BCUT2D eigenvalue weighted by molar-refractivity contribution is 9.10. The Morgan fingerprint density at radius 1 is 0.881 bits per heavy atom. The van der Waals surface area contributed by atoms with Crippen molar-refractivity contribution in [3.63, 3.8) is 0 Å². The second-order valence-corrected chi connectivity index (χ2v) is 11.9. The first kappa shape index (κ1) is 31.4. The van der Waals surface area contributed by atoms with E-state index in [1.54, 1.807) is 66.7 Å². The van der Waals surface area contributed by atoms with Crippen LogP contribution in [0.3, 0.4) is 0 Å². The van der Waals surface area contributed by atoms with Crippen molar-refractivity contribution in [3.8, 4) is 0 Å². The number of nitrogens with one attached hydrogen (secondary N) is 3.